The summed E-state index contributed by atoms with van der Waals surface area (Å²) in [6, 6.07) is 9.02. The van der Waals surface area contributed by atoms with Gasteiger partial charge in [0.25, 0.3) is 0 Å². The lowest BCUT2D eigenvalue weighted by Gasteiger charge is -2.28. The lowest BCUT2D eigenvalue weighted by Crippen LogP contribution is -2.28. The smallest absolute Gasteiger partial charge is 0.240 e. The molecular weight excluding hydrogens is 400 g/mol. The number of rotatable bonds is 7. The van der Waals surface area contributed by atoms with Crippen LogP contribution in [0.2, 0.25) is 0 Å². The molecule has 1 amide bonds. The van der Waals surface area contributed by atoms with E-state index >= 15 is 0 Å². The number of hydrogen-bond donors (Lipinski definition) is 0. The van der Waals surface area contributed by atoms with Crippen LogP contribution in [0.15, 0.2) is 35.4 Å². The zero-order valence-corrected chi connectivity index (χ0v) is 18.9. The zero-order chi connectivity index (χ0) is 22.7. The molecule has 2 unspecified atom stereocenters. The first-order valence-electron chi connectivity index (χ1n) is 9.76. The first kappa shape index (κ1) is 22.3. The van der Waals surface area contributed by atoms with Crippen molar-refractivity contribution in [3.63, 3.8) is 0 Å². The molecule has 31 heavy (non-hydrogen) atoms. The minimum absolute atomic E-state index is 0.158. The van der Waals surface area contributed by atoms with Crippen molar-refractivity contribution in [2.75, 3.05) is 35.5 Å². The number of amides is 1. The molecule has 0 N–H and O–H groups in total. The molecule has 2 aromatic rings. The Bertz CT molecular complexity index is 979. The Labute approximate surface area is 182 Å². The third-order valence-corrected chi connectivity index (χ3v) is 5.41. The van der Waals surface area contributed by atoms with E-state index in [0.717, 1.165) is 16.8 Å². The highest BCUT2D eigenvalue weighted by atomic mass is 16.5. The lowest BCUT2D eigenvalue weighted by molar-refractivity contribution is -0.130. The first-order valence-corrected chi connectivity index (χ1v) is 9.76. The summed E-state index contributed by atoms with van der Waals surface area (Å²) >= 11 is 0. The average Bonchev–Trinajstić information content (AvgIpc) is 3.14. The van der Waals surface area contributed by atoms with Crippen molar-refractivity contribution >= 4 is 11.6 Å². The Morgan fingerprint density at radius 3 is 1.84 bits per heavy atom. The second-order valence-electron chi connectivity index (χ2n) is 7.10. The van der Waals surface area contributed by atoms with Crippen molar-refractivity contribution in [3.05, 3.63) is 41.5 Å². The van der Waals surface area contributed by atoms with Crippen LogP contribution in [0.1, 0.15) is 36.9 Å². The molecule has 0 saturated heterocycles. The van der Waals surface area contributed by atoms with E-state index in [2.05, 4.69) is 5.10 Å². The summed E-state index contributed by atoms with van der Waals surface area (Å²) < 4.78 is 27.4. The maximum absolute atomic E-state index is 12.5. The van der Waals surface area contributed by atoms with Crippen LogP contribution in [0.3, 0.4) is 0 Å². The van der Waals surface area contributed by atoms with Crippen molar-refractivity contribution in [3.8, 4) is 28.7 Å². The topological polar surface area (TPSA) is 78.8 Å². The molecule has 0 aromatic heterocycles. The second-order valence-corrected chi connectivity index (χ2v) is 7.10. The van der Waals surface area contributed by atoms with E-state index in [1.54, 1.807) is 35.5 Å². The number of carbonyl (C=O) groups excluding carboxylic acids is 1. The SMILES string of the molecule is COc1ccc(C2C(c3cc(OC)c(OC)c(OC)c3)C(C)=NN2C(C)=O)cc1OC. The first-order chi connectivity index (χ1) is 14.9. The predicted molar refractivity (Wildman–Crippen MR) is 117 cm³/mol. The highest BCUT2D eigenvalue weighted by Gasteiger charge is 2.40. The Hall–Kier alpha value is -3.42. The van der Waals surface area contributed by atoms with Crippen LogP contribution < -0.4 is 23.7 Å². The van der Waals surface area contributed by atoms with Gasteiger partial charge in [0.1, 0.15) is 0 Å². The maximum atomic E-state index is 12.5. The number of nitrogens with zero attached hydrogens (tertiary/aromatic N) is 2. The Morgan fingerprint density at radius 2 is 1.35 bits per heavy atom. The van der Waals surface area contributed by atoms with Gasteiger partial charge < -0.3 is 23.7 Å². The molecule has 0 fully saturated rings. The zero-order valence-electron chi connectivity index (χ0n) is 18.9. The van der Waals surface area contributed by atoms with Gasteiger partial charge in [-0.05, 0) is 42.3 Å². The Kier molecular flexibility index (Phi) is 6.58. The summed E-state index contributed by atoms with van der Waals surface area (Å²) in [6.07, 6.45) is 0. The Morgan fingerprint density at radius 1 is 0.806 bits per heavy atom. The van der Waals surface area contributed by atoms with Crippen molar-refractivity contribution in [2.45, 2.75) is 25.8 Å². The maximum Gasteiger partial charge on any atom is 0.240 e. The minimum Gasteiger partial charge on any atom is -0.493 e. The van der Waals surface area contributed by atoms with Gasteiger partial charge in [-0.1, -0.05) is 6.07 Å². The molecule has 1 heterocycles. The van der Waals surface area contributed by atoms with Crippen molar-refractivity contribution < 1.29 is 28.5 Å². The lowest BCUT2D eigenvalue weighted by atomic mass is 9.84. The number of methoxy groups -OCH3 is 5. The fourth-order valence-electron chi connectivity index (χ4n) is 4.01. The van der Waals surface area contributed by atoms with Gasteiger partial charge in [-0.3, -0.25) is 4.79 Å². The molecule has 1 aliphatic rings. The normalized spacial score (nSPS) is 17.8. The van der Waals surface area contributed by atoms with E-state index in [1.165, 1.54) is 11.9 Å². The van der Waals surface area contributed by atoms with Gasteiger partial charge in [0.05, 0.1) is 47.5 Å². The third-order valence-electron chi connectivity index (χ3n) is 5.41. The number of hydrazone groups is 1. The molecule has 2 atom stereocenters. The van der Waals surface area contributed by atoms with Crippen molar-refractivity contribution in [1.29, 1.82) is 0 Å². The second kappa shape index (κ2) is 9.16. The molecule has 2 aromatic carbocycles. The fourth-order valence-corrected chi connectivity index (χ4v) is 4.01. The molecule has 0 saturated carbocycles. The van der Waals surface area contributed by atoms with Gasteiger partial charge in [0, 0.05) is 12.6 Å². The summed E-state index contributed by atoms with van der Waals surface area (Å²) in [5.74, 6) is 2.39. The summed E-state index contributed by atoms with van der Waals surface area (Å²) in [6.45, 7) is 3.41. The third kappa shape index (κ3) is 3.97. The predicted octanol–water partition coefficient (Wildman–Crippen LogP) is 3.79. The van der Waals surface area contributed by atoms with E-state index in [0.29, 0.717) is 28.7 Å². The summed E-state index contributed by atoms with van der Waals surface area (Å²) in [5.41, 5.74) is 2.55. The minimum atomic E-state index is -0.375. The summed E-state index contributed by atoms with van der Waals surface area (Å²) in [5, 5.41) is 6.08. The van der Waals surface area contributed by atoms with Crippen LogP contribution in [-0.2, 0) is 4.79 Å². The van der Waals surface area contributed by atoms with E-state index in [9.17, 15) is 4.79 Å². The highest BCUT2D eigenvalue weighted by Crippen LogP contribution is 2.48. The van der Waals surface area contributed by atoms with E-state index in [-0.39, 0.29) is 17.9 Å². The van der Waals surface area contributed by atoms with Crippen molar-refractivity contribution in [1.82, 2.24) is 5.01 Å². The van der Waals surface area contributed by atoms with E-state index in [4.69, 9.17) is 23.7 Å². The van der Waals surface area contributed by atoms with Gasteiger partial charge in [0.15, 0.2) is 23.0 Å². The van der Waals surface area contributed by atoms with Gasteiger partial charge in [-0.15, -0.1) is 0 Å². The van der Waals surface area contributed by atoms with Gasteiger partial charge in [-0.2, -0.15) is 5.10 Å². The van der Waals surface area contributed by atoms with E-state index < -0.39 is 0 Å². The molecule has 8 nitrogen and oxygen atoms in total. The quantitative estimate of drug-likeness (QED) is 0.668. The molecule has 8 heteroatoms. The van der Waals surface area contributed by atoms with Crippen LogP contribution >= 0.6 is 0 Å². The largest absolute Gasteiger partial charge is 0.493 e. The number of carbonyl (C=O) groups is 1. The van der Waals surface area contributed by atoms with Crippen LogP contribution in [0, 0.1) is 0 Å². The molecule has 3 rings (SSSR count). The van der Waals surface area contributed by atoms with Crippen molar-refractivity contribution in [2.24, 2.45) is 5.10 Å². The van der Waals surface area contributed by atoms with Crippen LogP contribution in [0.4, 0.5) is 0 Å². The fraction of sp³-hybridized carbons (Fsp3) is 0.391. The monoisotopic (exact) mass is 428 g/mol. The van der Waals surface area contributed by atoms with Crippen LogP contribution in [-0.4, -0.2) is 52.2 Å². The van der Waals surface area contributed by atoms with E-state index in [1.807, 2.05) is 37.3 Å². The van der Waals surface area contributed by atoms with Gasteiger partial charge >= 0.3 is 0 Å². The molecular formula is C23H28N2O6. The molecule has 0 aliphatic carbocycles. The molecule has 0 spiro atoms. The highest BCUT2D eigenvalue weighted by molar-refractivity contribution is 5.94. The van der Waals surface area contributed by atoms with Gasteiger partial charge in [-0.25, -0.2) is 5.01 Å². The average molecular weight is 428 g/mol. The summed E-state index contributed by atoms with van der Waals surface area (Å²) in [4.78, 5) is 12.5. The van der Waals surface area contributed by atoms with Gasteiger partial charge in [0.2, 0.25) is 11.7 Å². The number of benzene rings is 2. The molecule has 0 bridgehead atoms. The molecule has 0 radical (unpaired) electrons. The standard InChI is InChI=1S/C23H28N2O6/c1-13-21(16-11-19(29-5)23(31-7)20(12-16)30-6)22(25(24-13)14(2)26)15-8-9-17(27-3)18(10-15)28-4/h8-12,21-22H,1-7H3. The molecule has 1 aliphatic heterocycles. The number of hydrogen-bond acceptors (Lipinski definition) is 7. The van der Waals surface area contributed by atoms with Crippen LogP contribution in [0.5, 0.6) is 28.7 Å². The Balaban J connectivity index is 2.18. The molecule has 166 valence electrons. The van der Waals surface area contributed by atoms with Crippen LogP contribution in [0.25, 0.3) is 0 Å². The summed E-state index contributed by atoms with van der Waals surface area (Å²) in [7, 11) is 7.87. The number of ether oxygens (including phenoxy) is 5.